The highest BCUT2D eigenvalue weighted by Crippen LogP contribution is 2.53. The van der Waals surface area contributed by atoms with Crippen LogP contribution in [0.25, 0.3) is 0 Å². The molecule has 8 heteroatoms. The number of unbranched alkanes of at least 4 members (excludes halogenated alkanes) is 1. The Kier molecular flexibility index (Phi) is 7.13. The molecule has 0 amide bonds. The van der Waals surface area contributed by atoms with Crippen LogP contribution >= 0.6 is 18.2 Å². The van der Waals surface area contributed by atoms with Crippen LogP contribution in [0.2, 0.25) is 0 Å². The second-order valence-electron chi connectivity index (χ2n) is 2.88. The molecule has 90 valence electrons. The van der Waals surface area contributed by atoms with E-state index in [0.717, 1.165) is 12.8 Å². The van der Waals surface area contributed by atoms with Crippen molar-refractivity contribution < 1.29 is 23.4 Å². The Morgan fingerprint density at radius 1 is 1.60 bits per heavy atom. The van der Waals surface area contributed by atoms with E-state index in [1.807, 2.05) is 6.92 Å². The summed E-state index contributed by atoms with van der Waals surface area (Å²) >= 11 is 5.26. The molecule has 0 heterocycles. The van der Waals surface area contributed by atoms with Gasteiger partial charge < -0.3 is 10.3 Å². The summed E-state index contributed by atoms with van der Waals surface area (Å²) in [5.41, 5.74) is 5.17. The number of nitrogens with two attached hydrogens (primary N) is 1. The number of carbonyl (C=O) groups is 1. The van der Waals surface area contributed by atoms with Crippen molar-refractivity contribution >= 4 is 24.2 Å². The molecule has 2 N–H and O–H groups in total. The first kappa shape index (κ1) is 14.9. The lowest BCUT2D eigenvalue weighted by Crippen LogP contribution is -2.27. The fourth-order valence-electron chi connectivity index (χ4n) is 0.509. The van der Waals surface area contributed by atoms with Gasteiger partial charge in [0.25, 0.3) is 0 Å². The first-order valence-electron chi connectivity index (χ1n) is 4.49. The summed E-state index contributed by atoms with van der Waals surface area (Å²) < 4.78 is 19.8. The molecular formula is C7H15ClNO5P. The van der Waals surface area contributed by atoms with Gasteiger partial charge in [0.05, 0.1) is 6.61 Å². The third kappa shape index (κ3) is 7.76. The molecule has 0 bridgehead atoms. The smallest absolute Gasteiger partial charge is 0.378 e. The Balaban J connectivity index is 3.87. The molecule has 0 aliphatic rings. The standard InChI is InChI=1S/C7H15ClNO5P/c1-3-4-5-12-14-15(8,11)13-7(10)6(2)9/h6H,3-5,9H2,1-2H3/t6-,15?/m0/s1. The maximum Gasteiger partial charge on any atom is 0.505 e. The summed E-state index contributed by atoms with van der Waals surface area (Å²) in [5.74, 6) is -0.910. The van der Waals surface area contributed by atoms with E-state index in [1.54, 1.807) is 0 Å². The normalized spacial score (nSPS) is 16.8. The molecule has 1 unspecified atom stereocenters. The summed E-state index contributed by atoms with van der Waals surface area (Å²) in [6, 6.07) is -0.920. The molecule has 0 rings (SSSR count). The van der Waals surface area contributed by atoms with Crippen molar-refractivity contribution in [3.63, 3.8) is 0 Å². The summed E-state index contributed by atoms with van der Waals surface area (Å²) in [7, 11) is 0. The third-order valence-corrected chi connectivity index (χ3v) is 2.35. The topological polar surface area (TPSA) is 87.9 Å². The number of halogens is 1. The van der Waals surface area contributed by atoms with Gasteiger partial charge in [-0.05, 0) is 13.3 Å². The lowest BCUT2D eigenvalue weighted by Gasteiger charge is -2.11. The second kappa shape index (κ2) is 7.19. The van der Waals surface area contributed by atoms with Crippen molar-refractivity contribution in [3.8, 4) is 0 Å². The lowest BCUT2D eigenvalue weighted by molar-refractivity contribution is -0.212. The van der Waals surface area contributed by atoms with E-state index < -0.39 is 19.0 Å². The van der Waals surface area contributed by atoms with Crippen LogP contribution in [-0.2, 0) is 23.4 Å². The van der Waals surface area contributed by atoms with Crippen LogP contribution in [0, 0.1) is 0 Å². The zero-order chi connectivity index (χ0) is 11.9. The average Bonchev–Trinajstić information content (AvgIpc) is 2.11. The molecule has 0 saturated carbocycles. The van der Waals surface area contributed by atoms with Gasteiger partial charge in [-0.3, -0.25) is 4.79 Å². The number of carbonyl (C=O) groups excluding carboxylic acids is 1. The highest BCUT2D eigenvalue weighted by molar-refractivity contribution is 7.81. The van der Waals surface area contributed by atoms with E-state index in [-0.39, 0.29) is 6.61 Å². The molecule has 15 heavy (non-hydrogen) atoms. The molecule has 0 aliphatic heterocycles. The maximum atomic E-state index is 11.2. The maximum absolute atomic E-state index is 11.2. The van der Waals surface area contributed by atoms with Crippen LogP contribution in [0.3, 0.4) is 0 Å². The van der Waals surface area contributed by atoms with Crippen LogP contribution in [0.15, 0.2) is 0 Å². The minimum atomic E-state index is -4.02. The molecule has 0 saturated heterocycles. The Labute approximate surface area is 93.3 Å². The van der Waals surface area contributed by atoms with Crippen LogP contribution in [-0.4, -0.2) is 18.6 Å². The minimum Gasteiger partial charge on any atom is -0.378 e. The van der Waals surface area contributed by atoms with Gasteiger partial charge in [-0.1, -0.05) is 13.3 Å². The van der Waals surface area contributed by atoms with Crippen LogP contribution in [0.4, 0.5) is 0 Å². The van der Waals surface area contributed by atoms with Gasteiger partial charge in [0.1, 0.15) is 6.04 Å². The molecular weight excluding hydrogens is 245 g/mol. The fourth-order valence-corrected chi connectivity index (χ4v) is 1.44. The second-order valence-corrected chi connectivity index (χ2v) is 5.31. The van der Waals surface area contributed by atoms with Crippen molar-refractivity contribution in [1.82, 2.24) is 0 Å². The fraction of sp³-hybridized carbons (Fsp3) is 0.857. The Hall–Kier alpha value is -0.130. The van der Waals surface area contributed by atoms with Gasteiger partial charge >= 0.3 is 12.9 Å². The largest absolute Gasteiger partial charge is 0.505 e. The first-order valence-corrected chi connectivity index (χ1v) is 6.93. The minimum absolute atomic E-state index is 0.225. The zero-order valence-corrected chi connectivity index (χ0v) is 10.3. The van der Waals surface area contributed by atoms with E-state index in [0.29, 0.717) is 0 Å². The first-order chi connectivity index (χ1) is 6.89. The molecule has 0 fully saturated rings. The van der Waals surface area contributed by atoms with Crippen LogP contribution < -0.4 is 5.73 Å². The third-order valence-electron chi connectivity index (χ3n) is 1.29. The van der Waals surface area contributed by atoms with Gasteiger partial charge in [-0.25, -0.2) is 9.45 Å². The van der Waals surface area contributed by atoms with Gasteiger partial charge in [0.2, 0.25) is 0 Å². The van der Waals surface area contributed by atoms with Gasteiger partial charge in [-0.15, -0.1) is 4.67 Å². The quantitative estimate of drug-likeness (QED) is 0.325. The van der Waals surface area contributed by atoms with Gasteiger partial charge in [-0.2, -0.15) is 0 Å². The Morgan fingerprint density at radius 2 is 2.20 bits per heavy atom. The van der Waals surface area contributed by atoms with Crippen molar-refractivity contribution in [1.29, 1.82) is 0 Å². The summed E-state index contributed by atoms with van der Waals surface area (Å²) in [6.45, 7) is -0.481. The molecule has 0 aromatic carbocycles. The van der Waals surface area contributed by atoms with Gasteiger partial charge in [0, 0.05) is 11.2 Å². The molecule has 6 nitrogen and oxygen atoms in total. The molecule has 0 aromatic heterocycles. The van der Waals surface area contributed by atoms with Crippen molar-refractivity contribution in [3.05, 3.63) is 0 Å². The highest BCUT2D eigenvalue weighted by atomic mass is 35.7. The highest BCUT2D eigenvalue weighted by Gasteiger charge is 2.28. The predicted molar refractivity (Wildman–Crippen MR) is 55.1 cm³/mol. The van der Waals surface area contributed by atoms with Crippen molar-refractivity contribution in [2.45, 2.75) is 32.7 Å². The summed E-state index contributed by atoms with van der Waals surface area (Å²) in [5, 5.41) is 0. The van der Waals surface area contributed by atoms with Crippen molar-refractivity contribution in [2.24, 2.45) is 5.73 Å². The molecule has 0 aromatic rings. The van der Waals surface area contributed by atoms with Crippen molar-refractivity contribution in [2.75, 3.05) is 6.61 Å². The van der Waals surface area contributed by atoms with E-state index in [9.17, 15) is 9.36 Å². The summed E-state index contributed by atoms with van der Waals surface area (Å²) in [6.07, 6.45) is 1.60. The Morgan fingerprint density at radius 3 is 2.67 bits per heavy atom. The monoisotopic (exact) mass is 259 g/mol. The van der Waals surface area contributed by atoms with E-state index in [2.05, 4.69) is 14.1 Å². The average molecular weight is 260 g/mol. The van der Waals surface area contributed by atoms with Crippen LogP contribution in [0.1, 0.15) is 26.7 Å². The van der Waals surface area contributed by atoms with E-state index in [4.69, 9.17) is 17.0 Å². The Bertz CT molecular complexity index is 248. The zero-order valence-electron chi connectivity index (χ0n) is 8.64. The molecule has 2 atom stereocenters. The van der Waals surface area contributed by atoms with E-state index in [1.165, 1.54) is 6.92 Å². The SMILES string of the molecule is CCCCOOP(=O)(Cl)OC(=O)[C@H](C)N. The van der Waals surface area contributed by atoms with Crippen LogP contribution in [0.5, 0.6) is 0 Å². The molecule has 0 radical (unpaired) electrons. The lowest BCUT2D eigenvalue weighted by atomic mass is 10.4. The van der Waals surface area contributed by atoms with E-state index >= 15 is 0 Å². The van der Waals surface area contributed by atoms with Gasteiger partial charge in [0.15, 0.2) is 0 Å². The summed E-state index contributed by atoms with van der Waals surface area (Å²) in [4.78, 5) is 15.4. The molecule has 0 spiro atoms. The predicted octanol–water partition coefficient (Wildman–Crippen LogP) is 1.97. The number of hydrogen-bond acceptors (Lipinski definition) is 6. The number of hydrogen-bond donors (Lipinski definition) is 1. The number of rotatable bonds is 7. The molecule has 0 aliphatic carbocycles.